The van der Waals surface area contributed by atoms with Crippen molar-refractivity contribution in [2.24, 2.45) is 5.92 Å². The predicted octanol–water partition coefficient (Wildman–Crippen LogP) is 3.96. The molecule has 19 heavy (non-hydrogen) atoms. The van der Waals surface area contributed by atoms with Gasteiger partial charge in [0, 0.05) is 0 Å². The van der Waals surface area contributed by atoms with Gasteiger partial charge in [-0.1, -0.05) is 44.7 Å². The Morgan fingerprint density at radius 1 is 1.16 bits per heavy atom. The number of aryl methyl sites for hydroxylation is 1. The highest BCUT2D eigenvalue weighted by Crippen LogP contribution is 2.26. The summed E-state index contributed by atoms with van der Waals surface area (Å²) in [5, 5.41) is 10.1. The lowest BCUT2D eigenvalue weighted by Crippen LogP contribution is -2.28. The van der Waals surface area contributed by atoms with Crippen molar-refractivity contribution in [3.8, 4) is 5.75 Å². The minimum Gasteiger partial charge on any atom is -0.491 e. The maximum Gasteiger partial charge on any atom is 0.119 e. The van der Waals surface area contributed by atoms with Crippen LogP contribution in [-0.2, 0) is 6.42 Å². The molecule has 1 N–H and O–H groups in total. The summed E-state index contributed by atoms with van der Waals surface area (Å²) in [4.78, 5) is 0. The fourth-order valence-corrected chi connectivity index (χ4v) is 2.88. The summed E-state index contributed by atoms with van der Waals surface area (Å²) in [6.45, 7) is 2.61. The zero-order valence-electron chi connectivity index (χ0n) is 12.0. The molecule has 1 unspecified atom stereocenters. The van der Waals surface area contributed by atoms with E-state index in [9.17, 15) is 5.11 Å². The monoisotopic (exact) mass is 262 g/mol. The Kier molecular flexibility index (Phi) is 5.71. The quantitative estimate of drug-likeness (QED) is 0.841. The highest BCUT2D eigenvalue weighted by molar-refractivity contribution is 5.27. The number of rotatable bonds is 6. The first-order chi connectivity index (χ1) is 9.29. The second kappa shape index (κ2) is 7.54. The molecule has 0 heterocycles. The van der Waals surface area contributed by atoms with Crippen molar-refractivity contribution in [2.45, 2.75) is 58.0 Å². The molecule has 2 nitrogen and oxygen atoms in total. The highest BCUT2D eigenvalue weighted by atomic mass is 16.5. The molecule has 0 aliphatic heterocycles. The Bertz CT molecular complexity index is 352. The zero-order chi connectivity index (χ0) is 13.5. The molecule has 0 saturated heterocycles. The number of aliphatic hydroxyl groups excluding tert-OH is 1. The van der Waals surface area contributed by atoms with Crippen LogP contribution < -0.4 is 4.74 Å². The van der Waals surface area contributed by atoms with Crippen LogP contribution in [0.1, 0.15) is 51.0 Å². The topological polar surface area (TPSA) is 29.5 Å². The lowest BCUT2D eigenvalue weighted by molar-refractivity contribution is 0.0413. The van der Waals surface area contributed by atoms with Crippen LogP contribution in [0.5, 0.6) is 5.75 Å². The van der Waals surface area contributed by atoms with Gasteiger partial charge in [-0.25, -0.2) is 0 Å². The van der Waals surface area contributed by atoms with Gasteiger partial charge in [0.05, 0.1) is 6.10 Å². The minimum atomic E-state index is -0.310. The van der Waals surface area contributed by atoms with Gasteiger partial charge < -0.3 is 9.84 Å². The average Bonchev–Trinajstić information content (AvgIpc) is 2.47. The average molecular weight is 262 g/mol. The van der Waals surface area contributed by atoms with Crippen molar-refractivity contribution in [1.29, 1.82) is 0 Å². The summed E-state index contributed by atoms with van der Waals surface area (Å²) >= 11 is 0. The first kappa shape index (κ1) is 14.4. The van der Waals surface area contributed by atoms with Gasteiger partial charge in [-0.3, -0.25) is 0 Å². The van der Waals surface area contributed by atoms with E-state index >= 15 is 0 Å². The van der Waals surface area contributed by atoms with E-state index in [1.165, 1.54) is 31.2 Å². The number of hydrogen-bond donors (Lipinski definition) is 1. The smallest absolute Gasteiger partial charge is 0.119 e. The van der Waals surface area contributed by atoms with Gasteiger partial charge in [-0.2, -0.15) is 0 Å². The molecule has 106 valence electrons. The molecular weight excluding hydrogens is 236 g/mol. The number of ether oxygens (including phenoxy) is 1. The van der Waals surface area contributed by atoms with Gasteiger partial charge >= 0.3 is 0 Å². The Morgan fingerprint density at radius 2 is 1.84 bits per heavy atom. The second-order valence-electron chi connectivity index (χ2n) is 5.67. The van der Waals surface area contributed by atoms with E-state index in [2.05, 4.69) is 19.1 Å². The molecule has 2 heteroatoms. The van der Waals surface area contributed by atoms with E-state index in [4.69, 9.17) is 4.74 Å². The molecule has 0 radical (unpaired) electrons. The van der Waals surface area contributed by atoms with E-state index in [0.717, 1.165) is 25.0 Å². The van der Waals surface area contributed by atoms with Gasteiger partial charge in [-0.05, 0) is 42.9 Å². The first-order valence-electron chi connectivity index (χ1n) is 7.69. The third-order valence-electron chi connectivity index (χ3n) is 4.08. The van der Waals surface area contributed by atoms with Crippen LogP contribution in [-0.4, -0.2) is 17.8 Å². The highest BCUT2D eigenvalue weighted by Gasteiger charge is 2.21. The lowest BCUT2D eigenvalue weighted by atomic mass is 9.85. The van der Waals surface area contributed by atoms with Crippen molar-refractivity contribution in [2.75, 3.05) is 6.61 Å². The van der Waals surface area contributed by atoms with E-state index in [0.29, 0.717) is 12.5 Å². The maximum atomic E-state index is 10.1. The standard InChI is InChI=1S/C17H26O2/c1-2-6-14-9-11-16(12-10-14)19-13-17(18)15-7-4-3-5-8-15/h9-12,15,17-18H,2-8,13H2,1H3. The molecule has 0 aromatic heterocycles. The van der Waals surface area contributed by atoms with E-state index < -0.39 is 0 Å². The van der Waals surface area contributed by atoms with Crippen molar-refractivity contribution in [3.05, 3.63) is 29.8 Å². The van der Waals surface area contributed by atoms with E-state index in [1.54, 1.807) is 0 Å². The van der Waals surface area contributed by atoms with Gasteiger partial charge in [0.15, 0.2) is 0 Å². The van der Waals surface area contributed by atoms with Crippen molar-refractivity contribution in [1.82, 2.24) is 0 Å². The van der Waals surface area contributed by atoms with Crippen LogP contribution in [0, 0.1) is 5.92 Å². The molecule has 0 amide bonds. The van der Waals surface area contributed by atoms with Gasteiger partial charge in [-0.15, -0.1) is 0 Å². The third-order valence-corrected chi connectivity index (χ3v) is 4.08. The normalized spacial score (nSPS) is 18.2. The maximum absolute atomic E-state index is 10.1. The summed E-state index contributed by atoms with van der Waals surface area (Å²) in [7, 11) is 0. The molecule has 1 atom stereocenters. The van der Waals surface area contributed by atoms with Crippen LogP contribution >= 0.6 is 0 Å². The summed E-state index contributed by atoms with van der Waals surface area (Å²) in [6.07, 6.45) is 8.12. The van der Waals surface area contributed by atoms with Gasteiger partial charge in [0.1, 0.15) is 12.4 Å². The zero-order valence-corrected chi connectivity index (χ0v) is 12.0. The molecule has 1 aliphatic carbocycles. The van der Waals surface area contributed by atoms with E-state index in [1.807, 2.05) is 12.1 Å². The molecule has 0 bridgehead atoms. The Balaban J connectivity index is 1.77. The minimum absolute atomic E-state index is 0.310. The first-order valence-corrected chi connectivity index (χ1v) is 7.69. The van der Waals surface area contributed by atoms with E-state index in [-0.39, 0.29) is 6.10 Å². The van der Waals surface area contributed by atoms with Gasteiger partial charge in [0.25, 0.3) is 0 Å². The molecular formula is C17H26O2. The molecule has 1 aromatic rings. The van der Waals surface area contributed by atoms with Crippen molar-refractivity contribution < 1.29 is 9.84 Å². The predicted molar refractivity (Wildman–Crippen MR) is 78.5 cm³/mol. The Hall–Kier alpha value is -1.02. The summed E-state index contributed by atoms with van der Waals surface area (Å²) in [5.74, 6) is 1.31. The van der Waals surface area contributed by atoms with Crippen LogP contribution in [0.4, 0.5) is 0 Å². The van der Waals surface area contributed by atoms with Crippen molar-refractivity contribution >= 4 is 0 Å². The fourth-order valence-electron chi connectivity index (χ4n) is 2.88. The largest absolute Gasteiger partial charge is 0.491 e. The fraction of sp³-hybridized carbons (Fsp3) is 0.647. The summed E-state index contributed by atoms with van der Waals surface area (Å²) in [5.41, 5.74) is 1.35. The number of benzene rings is 1. The third kappa shape index (κ3) is 4.54. The SMILES string of the molecule is CCCc1ccc(OCC(O)C2CCCCC2)cc1. The molecule has 1 saturated carbocycles. The van der Waals surface area contributed by atoms with Crippen LogP contribution in [0.2, 0.25) is 0 Å². The second-order valence-corrected chi connectivity index (χ2v) is 5.67. The number of aliphatic hydroxyl groups is 1. The van der Waals surface area contributed by atoms with Crippen LogP contribution in [0.15, 0.2) is 24.3 Å². The molecule has 2 rings (SSSR count). The summed E-state index contributed by atoms with van der Waals surface area (Å²) < 4.78 is 5.70. The van der Waals surface area contributed by atoms with Gasteiger partial charge in [0.2, 0.25) is 0 Å². The molecule has 0 spiro atoms. The summed E-state index contributed by atoms with van der Waals surface area (Å²) in [6, 6.07) is 8.26. The number of hydrogen-bond acceptors (Lipinski definition) is 2. The molecule has 1 aliphatic rings. The Morgan fingerprint density at radius 3 is 2.47 bits per heavy atom. The lowest BCUT2D eigenvalue weighted by Gasteiger charge is -2.26. The van der Waals surface area contributed by atoms with Crippen molar-refractivity contribution in [3.63, 3.8) is 0 Å². The molecule has 1 aromatic carbocycles. The molecule has 1 fully saturated rings. The van der Waals surface area contributed by atoms with Crippen LogP contribution in [0.25, 0.3) is 0 Å². The Labute approximate surface area is 116 Å². The van der Waals surface area contributed by atoms with Crippen LogP contribution in [0.3, 0.4) is 0 Å².